The Morgan fingerprint density at radius 1 is 1.28 bits per heavy atom. The molecule has 0 aliphatic rings. The van der Waals surface area contributed by atoms with Crippen molar-refractivity contribution in [1.29, 1.82) is 0 Å². The predicted octanol–water partition coefficient (Wildman–Crippen LogP) is 2.46. The Kier molecular flexibility index (Phi) is 3.05. The number of nitrogens with one attached hydrogen (secondary N) is 1. The fourth-order valence-corrected chi connectivity index (χ4v) is 1.43. The first-order valence-corrected chi connectivity index (χ1v) is 4.94. The summed E-state index contributed by atoms with van der Waals surface area (Å²) in [5.41, 5.74) is -0.482. The van der Waals surface area contributed by atoms with E-state index in [0.717, 1.165) is 12.1 Å². The Balaban J connectivity index is 2.35. The molecule has 0 atom stereocenters. The maximum absolute atomic E-state index is 12.5. The SMILES string of the molecule is O=CNc1ccn(-c2cccc(C(F)(F)F)c2)n1. The summed E-state index contributed by atoms with van der Waals surface area (Å²) in [6, 6.07) is 6.24. The van der Waals surface area contributed by atoms with Crippen LogP contribution in [0.25, 0.3) is 5.69 Å². The van der Waals surface area contributed by atoms with E-state index >= 15 is 0 Å². The Bertz CT molecular complexity index is 563. The number of carbonyl (C=O) groups excluding carboxylic acids is 1. The van der Waals surface area contributed by atoms with Crippen LogP contribution in [-0.2, 0) is 11.0 Å². The Hall–Kier alpha value is -2.31. The second-order valence-electron chi connectivity index (χ2n) is 3.46. The lowest BCUT2D eigenvalue weighted by atomic mass is 10.2. The van der Waals surface area contributed by atoms with Gasteiger partial charge in [0.2, 0.25) is 6.41 Å². The summed E-state index contributed by atoms with van der Waals surface area (Å²) in [4.78, 5) is 10.2. The molecule has 0 saturated carbocycles. The number of alkyl halides is 3. The first-order chi connectivity index (χ1) is 8.50. The number of amides is 1. The number of anilines is 1. The zero-order chi connectivity index (χ0) is 13.2. The lowest BCUT2D eigenvalue weighted by Gasteiger charge is -2.08. The smallest absolute Gasteiger partial charge is 0.312 e. The van der Waals surface area contributed by atoms with Crippen molar-refractivity contribution in [2.75, 3.05) is 5.32 Å². The molecule has 1 aromatic carbocycles. The molecule has 1 N–H and O–H groups in total. The van der Waals surface area contributed by atoms with Crippen LogP contribution in [0.5, 0.6) is 0 Å². The number of aromatic nitrogens is 2. The molecule has 1 amide bonds. The molecule has 1 aromatic heterocycles. The van der Waals surface area contributed by atoms with E-state index in [2.05, 4.69) is 10.4 Å². The number of carbonyl (C=O) groups is 1. The van der Waals surface area contributed by atoms with Crippen LogP contribution in [0, 0.1) is 0 Å². The van der Waals surface area contributed by atoms with Crippen LogP contribution >= 0.6 is 0 Å². The minimum absolute atomic E-state index is 0.266. The number of hydrogen-bond acceptors (Lipinski definition) is 2. The highest BCUT2D eigenvalue weighted by molar-refractivity contribution is 5.68. The van der Waals surface area contributed by atoms with Gasteiger partial charge in [-0.2, -0.15) is 18.3 Å². The zero-order valence-electron chi connectivity index (χ0n) is 8.98. The maximum atomic E-state index is 12.5. The summed E-state index contributed by atoms with van der Waals surface area (Å²) >= 11 is 0. The van der Waals surface area contributed by atoms with Crippen molar-refractivity contribution in [3.63, 3.8) is 0 Å². The predicted molar refractivity (Wildman–Crippen MR) is 58.3 cm³/mol. The van der Waals surface area contributed by atoms with E-state index in [1.54, 1.807) is 0 Å². The average Bonchev–Trinajstić information content (AvgIpc) is 2.77. The number of halogens is 3. The fourth-order valence-electron chi connectivity index (χ4n) is 1.43. The lowest BCUT2D eigenvalue weighted by Crippen LogP contribution is -2.06. The molecule has 0 bridgehead atoms. The van der Waals surface area contributed by atoms with Gasteiger partial charge in [-0.3, -0.25) is 4.79 Å². The molecule has 0 saturated heterocycles. The van der Waals surface area contributed by atoms with Crippen molar-refractivity contribution in [2.24, 2.45) is 0 Å². The molecule has 0 spiro atoms. The fraction of sp³-hybridized carbons (Fsp3) is 0.0909. The molecule has 2 rings (SSSR count). The van der Waals surface area contributed by atoms with Crippen LogP contribution in [-0.4, -0.2) is 16.2 Å². The molecular weight excluding hydrogens is 247 g/mol. The quantitative estimate of drug-likeness (QED) is 0.856. The van der Waals surface area contributed by atoms with Gasteiger partial charge in [0.15, 0.2) is 5.82 Å². The van der Waals surface area contributed by atoms with Gasteiger partial charge >= 0.3 is 6.18 Å². The van der Waals surface area contributed by atoms with Crippen molar-refractivity contribution >= 4 is 12.2 Å². The van der Waals surface area contributed by atoms with E-state index in [-0.39, 0.29) is 11.5 Å². The van der Waals surface area contributed by atoms with Crippen molar-refractivity contribution in [3.05, 3.63) is 42.1 Å². The topological polar surface area (TPSA) is 46.9 Å². The van der Waals surface area contributed by atoms with E-state index in [1.807, 2.05) is 0 Å². The second-order valence-corrected chi connectivity index (χ2v) is 3.46. The van der Waals surface area contributed by atoms with Gasteiger partial charge in [0.1, 0.15) is 0 Å². The van der Waals surface area contributed by atoms with Crippen LogP contribution in [0.4, 0.5) is 19.0 Å². The van der Waals surface area contributed by atoms with Gasteiger partial charge in [-0.15, -0.1) is 0 Å². The molecule has 1 heterocycles. The summed E-state index contributed by atoms with van der Waals surface area (Å²) in [7, 11) is 0. The highest BCUT2D eigenvalue weighted by Crippen LogP contribution is 2.30. The molecule has 0 radical (unpaired) electrons. The number of rotatable bonds is 3. The molecule has 2 aromatic rings. The van der Waals surface area contributed by atoms with Crippen LogP contribution in [0.3, 0.4) is 0 Å². The third-order valence-corrected chi connectivity index (χ3v) is 2.23. The maximum Gasteiger partial charge on any atom is 0.416 e. The van der Waals surface area contributed by atoms with E-state index in [0.29, 0.717) is 6.41 Å². The molecule has 0 fully saturated rings. The highest BCUT2D eigenvalue weighted by atomic mass is 19.4. The number of hydrogen-bond donors (Lipinski definition) is 1. The first kappa shape index (κ1) is 12.2. The van der Waals surface area contributed by atoms with Gasteiger partial charge in [-0.25, -0.2) is 4.68 Å². The minimum atomic E-state index is -4.40. The first-order valence-electron chi connectivity index (χ1n) is 4.94. The summed E-state index contributed by atoms with van der Waals surface area (Å²) in [6.45, 7) is 0. The Morgan fingerprint density at radius 3 is 2.72 bits per heavy atom. The molecule has 94 valence electrons. The van der Waals surface area contributed by atoms with Crippen LogP contribution in [0.2, 0.25) is 0 Å². The van der Waals surface area contributed by atoms with Crippen LogP contribution < -0.4 is 5.32 Å². The van der Waals surface area contributed by atoms with E-state index in [9.17, 15) is 18.0 Å². The zero-order valence-corrected chi connectivity index (χ0v) is 8.98. The molecule has 0 unspecified atom stereocenters. The monoisotopic (exact) mass is 255 g/mol. The van der Waals surface area contributed by atoms with Crippen molar-refractivity contribution in [3.8, 4) is 5.69 Å². The normalized spacial score (nSPS) is 11.3. The standard InChI is InChI=1S/C11H8F3N3O/c12-11(13,14)8-2-1-3-9(6-8)17-5-4-10(16-17)15-7-18/h1-7H,(H,15,16,18). The molecule has 18 heavy (non-hydrogen) atoms. The third-order valence-electron chi connectivity index (χ3n) is 2.23. The largest absolute Gasteiger partial charge is 0.416 e. The lowest BCUT2D eigenvalue weighted by molar-refractivity contribution is -0.137. The third kappa shape index (κ3) is 2.50. The summed E-state index contributed by atoms with van der Waals surface area (Å²) in [6.07, 6.45) is -2.49. The molecular formula is C11H8F3N3O. The Labute approximate surface area is 100 Å². The molecule has 7 heteroatoms. The average molecular weight is 255 g/mol. The molecule has 4 nitrogen and oxygen atoms in total. The number of benzene rings is 1. The summed E-state index contributed by atoms with van der Waals surface area (Å²) in [5.74, 6) is 0.266. The van der Waals surface area contributed by atoms with Gasteiger partial charge in [0, 0.05) is 12.3 Å². The molecule has 0 aliphatic carbocycles. The van der Waals surface area contributed by atoms with Gasteiger partial charge in [0.25, 0.3) is 0 Å². The van der Waals surface area contributed by atoms with E-state index < -0.39 is 11.7 Å². The van der Waals surface area contributed by atoms with Crippen molar-refractivity contribution in [1.82, 2.24) is 9.78 Å². The van der Waals surface area contributed by atoms with Gasteiger partial charge in [-0.1, -0.05) is 6.07 Å². The second kappa shape index (κ2) is 4.52. The van der Waals surface area contributed by atoms with Gasteiger partial charge in [-0.05, 0) is 18.2 Å². The summed E-state index contributed by atoms with van der Waals surface area (Å²) < 4.78 is 38.8. The summed E-state index contributed by atoms with van der Waals surface area (Å²) in [5, 5.41) is 6.21. The van der Waals surface area contributed by atoms with Crippen LogP contribution in [0.15, 0.2) is 36.5 Å². The van der Waals surface area contributed by atoms with E-state index in [4.69, 9.17) is 0 Å². The van der Waals surface area contributed by atoms with Crippen molar-refractivity contribution < 1.29 is 18.0 Å². The molecule has 0 aliphatic heterocycles. The van der Waals surface area contributed by atoms with Gasteiger partial charge in [0.05, 0.1) is 11.3 Å². The van der Waals surface area contributed by atoms with Gasteiger partial charge < -0.3 is 5.32 Å². The highest BCUT2D eigenvalue weighted by Gasteiger charge is 2.30. The Morgan fingerprint density at radius 2 is 2.06 bits per heavy atom. The van der Waals surface area contributed by atoms with E-state index in [1.165, 1.54) is 29.1 Å². The minimum Gasteiger partial charge on any atom is -0.312 e. The number of nitrogens with zero attached hydrogens (tertiary/aromatic N) is 2. The van der Waals surface area contributed by atoms with Crippen LogP contribution in [0.1, 0.15) is 5.56 Å². The van der Waals surface area contributed by atoms with Crippen molar-refractivity contribution in [2.45, 2.75) is 6.18 Å².